The maximum absolute atomic E-state index is 5.82. The Morgan fingerprint density at radius 1 is 0.931 bits per heavy atom. The van der Waals surface area contributed by atoms with Gasteiger partial charge in [-0.15, -0.1) is 0 Å². The molecule has 0 aliphatic rings. The molecule has 2 aromatic heterocycles. The van der Waals surface area contributed by atoms with Crippen LogP contribution in [-0.4, -0.2) is 20.0 Å². The van der Waals surface area contributed by atoms with Gasteiger partial charge in [-0.1, -0.05) is 42.5 Å². The summed E-state index contributed by atoms with van der Waals surface area (Å²) in [6, 6.07) is 18.2. The van der Waals surface area contributed by atoms with Gasteiger partial charge in [0.05, 0.1) is 18.9 Å². The van der Waals surface area contributed by atoms with Gasteiger partial charge in [0.25, 0.3) is 0 Å². The first-order valence-corrected chi connectivity index (χ1v) is 9.58. The molecule has 0 atom stereocenters. The third kappa shape index (κ3) is 5.65. The molecule has 4 rings (SSSR count). The second-order valence-corrected chi connectivity index (χ2v) is 6.58. The Labute approximate surface area is 169 Å². The van der Waals surface area contributed by atoms with Crippen LogP contribution in [0.4, 0.5) is 0 Å². The van der Waals surface area contributed by atoms with Crippen molar-refractivity contribution in [3.63, 3.8) is 0 Å². The highest BCUT2D eigenvalue weighted by Crippen LogP contribution is 2.16. The summed E-state index contributed by atoms with van der Waals surface area (Å²) in [6.45, 7) is 1.19. The summed E-state index contributed by atoms with van der Waals surface area (Å²) in [5.41, 5.74) is 3.12. The fourth-order valence-corrected chi connectivity index (χ4v) is 2.89. The molecule has 0 saturated heterocycles. The van der Waals surface area contributed by atoms with Crippen LogP contribution < -0.4 is 4.74 Å². The number of aryl methyl sites for hydroxylation is 2. The van der Waals surface area contributed by atoms with E-state index in [1.165, 1.54) is 5.56 Å². The van der Waals surface area contributed by atoms with Crippen LogP contribution in [-0.2, 0) is 19.6 Å². The normalized spacial score (nSPS) is 11.2. The number of rotatable bonds is 9. The fourth-order valence-electron chi connectivity index (χ4n) is 2.89. The number of hydrogen-bond acceptors (Lipinski definition) is 5. The molecule has 6 heteroatoms. The monoisotopic (exact) mass is 386 g/mol. The van der Waals surface area contributed by atoms with Crippen molar-refractivity contribution >= 4 is 12.2 Å². The molecule has 0 radical (unpaired) electrons. The van der Waals surface area contributed by atoms with Crippen molar-refractivity contribution in [2.45, 2.75) is 26.0 Å². The molecule has 0 N–H and O–H groups in total. The second kappa shape index (κ2) is 9.50. The van der Waals surface area contributed by atoms with Crippen molar-refractivity contribution in [1.82, 2.24) is 20.0 Å². The first-order chi connectivity index (χ1) is 14.3. The average molecular weight is 386 g/mol. The molecular weight excluding hydrogens is 364 g/mol. The maximum Gasteiger partial charge on any atom is 0.218 e. The van der Waals surface area contributed by atoms with E-state index in [4.69, 9.17) is 9.15 Å². The zero-order valence-corrected chi connectivity index (χ0v) is 16.0. The van der Waals surface area contributed by atoms with Crippen LogP contribution in [0.25, 0.3) is 12.2 Å². The van der Waals surface area contributed by atoms with Crippen molar-refractivity contribution in [3.8, 4) is 5.75 Å². The van der Waals surface area contributed by atoms with Crippen LogP contribution >= 0.6 is 0 Å². The first kappa shape index (κ1) is 18.7. The lowest BCUT2D eigenvalue weighted by atomic mass is 10.1. The van der Waals surface area contributed by atoms with E-state index in [1.54, 1.807) is 23.5 Å². The number of aromatic nitrogens is 4. The minimum Gasteiger partial charge on any atom is -0.487 e. The van der Waals surface area contributed by atoms with Gasteiger partial charge in [0.15, 0.2) is 0 Å². The van der Waals surface area contributed by atoms with E-state index in [0.29, 0.717) is 12.5 Å². The highest BCUT2D eigenvalue weighted by Gasteiger charge is 2.03. The molecule has 4 aromatic rings. The molecule has 0 saturated carbocycles. The van der Waals surface area contributed by atoms with E-state index in [2.05, 4.69) is 27.3 Å². The minimum atomic E-state index is 0.368. The Hall–Kier alpha value is -3.67. The summed E-state index contributed by atoms with van der Waals surface area (Å²) < 4.78 is 11.3. The number of nitrogens with zero attached hydrogens (tertiary/aromatic N) is 4. The van der Waals surface area contributed by atoms with E-state index in [-0.39, 0.29) is 0 Å². The van der Waals surface area contributed by atoms with Gasteiger partial charge in [-0.25, -0.2) is 4.98 Å². The quantitative estimate of drug-likeness (QED) is 0.419. The van der Waals surface area contributed by atoms with Gasteiger partial charge in [-0.05, 0) is 42.2 Å². The minimum absolute atomic E-state index is 0.368. The molecule has 0 aliphatic carbocycles. The number of ether oxygens (including phenoxy) is 1. The first-order valence-electron chi connectivity index (χ1n) is 9.58. The van der Waals surface area contributed by atoms with Crippen molar-refractivity contribution in [2.75, 3.05) is 0 Å². The van der Waals surface area contributed by atoms with Gasteiger partial charge in [-0.2, -0.15) is 15.0 Å². The third-order valence-corrected chi connectivity index (χ3v) is 4.39. The summed E-state index contributed by atoms with van der Waals surface area (Å²) in [4.78, 5) is 6.14. The molecule has 6 nitrogen and oxygen atoms in total. The summed E-state index contributed by atoms with van der Waals surface area (Å²) >= 11 is 0. The van der Waals surface area contributed by atoms with Gasteiger partial charge < -0.3 is 9.15 Å². The lowest BCUT2D eigenvalue weighted by Gasteiger charge is -2.06. The highest BCUT2D eigenvalue weighted by molar-refractivity contribution is 5.65. The number of benzene rings is 2. The van der Waals surface area contributed by atoms with Gasteiger partial charge in [0.1, 0.15) is 24.3 Å². The van der Waals surface area contributed by atoms with Gasteiger partial charge >= 0.3 is 0 Å². The molecule has 0 unspecified atom stereocenters. The van der Waals surface area contributed by atoms with Crippen molar-refractivity contribution < 1.29 is 9.15 Å². The van der Waals surface area contributed by atoms with Crippen LogP contribution in [0.15, 0.2) is 77.7 Å². The molecule has 0 fully saturated rings. The predicted octanol–water partition coefficient (Wildman–Crippen LogP) is 4.65. The Morgan fingerprint density at radius 2 is 1.72 bits per heavy atom. The molecule has 0 amide bonds. The van der Waals surface area contributed by atoms with Crippen molar-refractivity contribution in [3.05, 3.63) is 96.0 Å². The molecule has 146 valence electrons. The number of hydrogen-bond donors (Lipinski definition) is 0. The molecule has 29 heavy (non-hydrogen) atoms. The third-order valence-electron chi connectivity index (χ3n) is 4.39. The van der Waals surface area contributed by atoms with E-state index < -0.39 is 0 Å². The predicted molar refractivity (Wildman–Crippen MR) is 111 cm³/mol. The maximum atomic E-state index is 5.82. The Morgan fingerprint density at radius 3 is 2.52 bits per heavy atom. The second-order valence-electron chi connectivity index (χ2n) is 6.58. The summed E-state index contributed by atoms with van der Waals surface area (Å²) in [5.74, 6) is 1.38. The van der Waals surface area contributed by atoms with E-state index >= 15 is 0 Å². The van der Waals surface area contributed by atoms with Gasteiger partial charge in [-0.3, -0.25) is 0 Å². The topological polar surface area (TPSA) is 66.0 Å². The Bertz CT molecular complexity index is 1020. The largest absolute Gasteiger partial charge is 0.487 e. The van der Waals surface area contributed by atoms with E-state index in [1.807, 2.05) is 54.6 Å². The number of oxazole rings is 1. The Balaban J connectivity index is 1.24. The smallest absolute Gasteiger partial charge is 0.218 e. The van der Waals surface area contributed by atoms with Crippen LogP contribution in [0.3, 0.4) is 0 Å². The molecule has 2 aromatic carbocycles. The van der Waals surface area contributed by atoms with Crippen LogP contribution in [0.5, 0.6) is 5.75 Å². The molecule has 0 bridgehead atoms. The molecule has 2 heterocycles. The Kier molecular flexibility index (Phi) is 6.12. The van der Waals surface area contributed by atoms with Gasteiger partial charge in [0, 0.05) is 6.08 Å². The molecule has 0 aliphatic heterocycles. The zero-order chi connectivity index (χ0) is 19.7. The lowest BCUT2D eigenvalue weighted by molar-refractivity contribution is 0.301. The van der Waals surface area contributed by atoms with Crippen LogP contribution in [0, 0.1) is 0 Å². The zero-order valence-electron chi connectivity index (χ0n) is 16.0. The van der Waals surface area contributed by atoms with Crippen molar-refractivity contribution in [2.24, 2.45) is 0 Å². The SMILES string of the molecule is C(=C\c1nc(COc2ccc(CCCn3nccn3)cc2)co1)/c1ccccc1. The van der Waals surface area contributed by atoms with Crippen LogP contribution in [0.2, 0.25) is 0 Å². The highest BCUT2D eigenvalue weighted by atomic mass is 16.5. The fraction of sp³-hybridized carbons (Fsp3) is 0.174. The summed E-state index contributed by atoms with van der Waals surface area (Å²) in [7, 11) is 0. The molecular formula is C23H22N4O2. The van der Waals surface area contributed by atoms with Crippen LogP contribution in [0.1, 0.15) is 29.1 Å². The van der Waals surface area contributed by atoms with Crippen molar-refractivity contribution in [1.29, 1.82) is 0 Å². The molecule has 0 spiro atoms. The lowest BCUT2D eigenvalue weighted by Crippen LogP contribution is -2.03. The van der Waals surface area contributed by atoms with E-state index in [0.717, 1.165) is 36.4 Å². The van der Waals surface area contributed by atoms with E-state index in [9.17, 15) is 0 Å². The summed E-state index contributed by atoms with van der Waals surface area (Å²) in [5, 5.41) is 8.22. The summed E-state index contributed by atoms with van der Waals surface area (Å²) in [6.07, 6.45) is 10.8. The van der Waals surface area contributed by atoms with Gasteiger partial charge in [0.2, 0.25) is 5.89 Å². The average Bonchev–Trinajstić information content (AvgIpc) is 3.45. The standard InChI is InChI=1S/C23H22N4O2/c1-2-5-19(6-3-1)10-13-23-26-21(18-29-23)17-28-22-11-8-20(9-12-22)7-4-16-27-24-14-15-25-27/h1-3,5-6,8-15,18H,4,7,16-17H2/b13-10+.